The van der Waals surface area contributed by atoms with Crippen molar-refractivity contribution >= 4 is 45.2 Å². The maximum absolute atomic E-state index is 12.7. The second kappa shape index (κ2) is 8.19. The van der Waals surface area contributed by atoms with Crippen molar-refractivity contribution < 1.29 is 23.9 Å². The molecule has 0 bridgehead atoms. The van der Waals surface area contributed by atoms with Gasteiger partial charge in [-0.2, -0.15) is 0 Å². The lowest BCUT2D eigenvalue weighted by molar-refractivity contribution is -0.164. The summed E-state index contributed by atoms with van der Waals surface area (Å²) in [4.78, 5) is 38.2. The first-order valence-corrected chi connectivity index (χ1v) is 9.68. The molecule has 8 heteroatoms. The Bertz CT molecular complexity index is 742. The molecule has 0 aliphatic carbocycles. The van der Waals surface area contributed by atoms with E-state index in [1.807, 2.05) is 27.7 Å². The molecule has 1 aliphatic heterocycles. The van der Waals surface area contributed by atoms with Gasteiger partial charge in [-0.3, -0.25) is 9.59 Å². The number of ether oxygens (including phenoxy) is 2. The molecule has 1 fully saturated rings. The van der Waals surface area contributed by atoms with Crippen LogP contribution in [0.15, 0.2) is 22.7 Å². The number of rotatable bonds is 5. The van der Waals surface area contributed by atoms with E-state index in [0.717, 1.165) is 0 Å². The average Bonchev–Trinajstić information content (AvgIpc) is 2.49. The van der Waals surface area contributed by atoms with Gasteiger partial charge in [0.2, 0.25) is 0 Å². The van der Waals surface area contributed by atoms with E-state index in [0.29, 0.717) is 15.2 Å². The SMILES string of the molecule is CC1(C)CC(=O)CC(C)(C)N1C(=O)COC(=O)COc1ccc(Cl)cc1Br. The largest absolute Gasteiger partial charge is 0.481 e. The van der Waals surface area contributed by atoms with Crippen LogP contribution in [-0.2, 0) is 19.1 Å². The molecule has 0 unspecified atom stereocenters. The minimum Gasteiger partial charge on any atom is -0.481 e. The van der Waals surface area contributed by atoms with Gasteiger partial charge in [-0.05, 0) is 61.8 Å². The Morgan fingerprint density at radius 3 is 2.30 bits per heavy atom. The molecule has 0 spiro atoms. The zero-order chi connectivity index (χ0) is 20.4. The number of carbonyl (C=O) groups excluding carboxylic acids is 3. The van der Waals surface area contributed by atoms with Crippen LogP contribution in [0, 0.1) is 0 Å². The molecule has 6 nitrogen and oxygen atoms in total. The summed E-state index contributed by atoms with van der Waals surface area (Å²) in [6.07, 6.45) is 0.563. The topological polar surface area (TPSA) is 72.9 Å². The highest BCUT2D eigenvalue weighted by atomic mass is 79.9. The molecule has 0 atom stereocenters. The third-order valence-electron chi connectivity index (χ3n) is 4.32. The quantitative estimate of drug-likeness (QED) is 0.625. The fourth-order valence-corrected chi connectivity index (χ4v) is 4.45. The van der Waals surface area contributed by atoms with Gasteiger partial charge < -0.3 is 14.4 Å². The van der Waals surface area contributed by atoms with Crippen molar-refractivity contribution in [3.63, 3.8) is 0 Å². The molecule has 1 aromatic rings. The van der Waals surface area contributed by atoms with Crippen molar-refractivity contribution in [1.29, 1.82) is 0 Å². The van der Waals surface area contributed by atoms with Crippen LogP contribution in [0.4, 0.5) is 0 Å². The van der Waals surface area contributed by atoms with E-state index in [1.165, 1.54) is 0 Å². The van der Waals surface area contributed by atoms with Crippen molar-refractivity contribution in [2.24, 2.45) is 0 Å². The summed E-state index contributed by atoms with van der Waals surface area (Å²) in [5.74, 6) is -0.431. The predicted molar refractivity (Wildman–Crippen MR) is 105 cm³/mol. The van der Waals surface area contributed by atoms with E-state index in [-0.39, 0.29) is 31.1 Å². The lowest BCUT2D eigenvalue weighted by Gasteiger charge is -2.51. The van der Waals surface area contributed by atoms with Crippen LogP contribution in [0.2, 0.25) is 5.02 Å². The monoisotopic (exact) mass is 459 g/mol. The van der Waals surface area contributed by atoms with Crippen molar-refractivity contribution in [3.8, 4) is 5.75 Å². The van der Waals surface area contributed by atoms with Gasteiger partial charge in [0.05, 0.1) is 4.47 Å². The summed E-state index contributed by atoms with van der Waals surface area (Å²) in [6.45, 7) is 6.63. The van der Waals surface area contributed by atoms with E-state index >= 15 is 0 Å². The summed E-state index contributed by atoms with van der Waals surface area (Å²) >= 11 is 9.14. The molecule has 0 aromatic heterocycles. The number of amides is 1. The summed E-state index contributed by atoms with van der Waals surface area (Å²) in [5, 5.41) is 0.535. The van der Waals surface area contributed by atoms with Crippen LogP contribution < -0.4 is 4.74 Å². The summed E-state index contributed by atoms with van der Waals surface area (Å²) in [7, 11) is 0. The Balaban J connectivity index is 1.92. The van der Waals surface area contributed by atoms with Gasteiger partial charge in [0, 0.05) is 28.9 Å². The molecule has 0 N–H and O–H groups in total. The smallest absolute Gasteiger partial charge is 0.344 e. The molecule has 1 aliphatic rings. The molecule has 27 heavy (non-hydrogen) atoms. The molecule has 1 heterocycles. The first-order chi connectivity index (χ1) is 12.4. The summed E-state index contributed by atoms with van der Waals surface area (Å²) in [6, 6.07) is 4.91. The first-order valence-electron chi connectivity index (χ1n) is 8.51. The number of esters is 1. The van der Waals surface area contributed by atoms with E-state index in [9.17, 15) is 14.4 Å². The minimum absolute atomic E-state index is 0.119. The van der Waals surface area contributed by atoms with Crippen LogP contribution in [0.25, 0.3) is 0 Å². The highest BCUT2D eigenvalue weighted by molar-refractivity contribution is 9.10. The lowest BCUT2D eigenvalue weighted by atomic mass is 9.79. The molecule has 1 amide bonds. The number of carbonyl (C=O) groups is 3. The Morgan fingerprint density at radius 1 is 1.15 bits per heavy atom. The lowest BCUT2D eigenvalue weighted by Crippen LogP contribution is -2.63. The van der Waals surface area contributed by atoms with Crippen LogP contribution in [0.3, 0.4) is 0 Å². The number of hydrogen-bond acceptors (Lipinski definition) is 5. The fourth-order valence-electron chi connectivity index (χ4n) is 3.66. The van der Waals surface area contributed by atoms with Gasteiger partial charge in [-0.15, -0.1) is 0 Å². The predicted octanol–water partition coefficient (Wildman–Crippen LogP) is 3.77. The zero-order valence-electron chi connectivity index (χ0n) is 15.8. The Morgan fingerprint density at radius 2 is 1.74 bits per heavy atom. The number of Topliss-reactive ketones (excluding diaryl/α,β-unsaturated/α-hetero) is 1. The zero-order valence-corrected chi connectivity index (χ0v) is 18.1. The number of likely N-dealkylation sites (tertiary alicyclic amines) is 1. The van der Waals surface area contributed by atoms with Crippen LogP contribution in [0.5, 0.6) is 5.75 Å². The van der Waals surface area contributed by atoms with Crippen LogP contribution in [0.1, 0.15) is 40.5 Å². The van der Waals surface area contributed by atoms with Gasteiger partial charge in [0.15, 0.2) is 13.2 Å². The van der Waals surface area contributed by atoms with E-state index in [2.05, 4.69) is 15.9 Å². The second-order valence-electron chi connectivity index (χ2n) is 7.77. The molecular formula is C19H23BrClNO5. The highest BCUT2D eigenvalue weighted by Crippen LogP contribution is 2.36. The van der Waals surface area contributed by atoms with Gasteiger partial charge in [0.25, 0.3) is 5.91 Å². The number of benzene rings is 1. The molecule has 1 aromatic carbocycles. The second-order valence-corrected chi connectivity index (χ2v) is 9.06. The van der Waals surface area contributed by atoms with Gasteiger partial charge in [-0.25, -0.2) is 4.79 Å². The standard InChI is InChI=1S/C19H23BrClNO5/c1-18(2)8-13(23)9-19(3,4)22(18)16(24)10-27-17(25)11-26-15-6-5-12(21)7-14(15)20/h5-7H,8-11H2,1-4H3. The highest BCUT2D eigenvalue weighted by Gasteiger charge is 2.47. The van der Waals surface area contributed by atoms with Crippen molar-refractivity contribution in [1.82, 2.24) is 4.90 Å². The van der Waals surface area contributed by atoms with Crippen LogP contribution >= 0.6 is 27.5 Å². The molecule has 1 saturated heterocycles. The number of hydrogen-bond donors (Lipinski definition) is 0. The van der Waals surface area contributed by atoms with Crippen LogP contribution in [-0.4, -0.2) is 46.9 Å². The maximum atomic E-state index is 12.7. The molecular weight excluding hydrogens is 438 g/mol. The molecule has 0 saturated carbocycles. The average molecular weight is 461 g/mol. The number of halogens is 2. The Labute approximate surface area is 172 Å². The number of nitrogens with zero attached hydrogens (tertiary/aromatic N) is 1. The van der Waals surface area contributed by atoms with Crippen molar-refractivity contribution in [2.45, 2.75) is 51.6 Å². The minimum atomic E-state index is -0.658. The molecule has 2 rings (SSSR count). The van der Waals surface area contributed by atoms with E-state index < -0.39 is 23.7 Å². The Kier molecular flexibility index (Phi) is 6.58. The summed E-state index contributed by atoms with van der Waals surface area (Å²) < 4.78 is 11.1. The van der Waals surface area contributed by atoms with E-state index in [4.69, 9.17) is 21.1 Å². The van der Waals surface area contributed by atoms with Gasteiger partial charge >= 0.3 is 5.97 Å². The van der Waals surface area contributed by atoms with Crippen molar-refractivity contribution in [2.75, 3.05) is 13.2 Å². The third kappa shape index (κ3) is 5.45. The summed E-state index contributed by atoms with van der Waals surface area (Å²) in [5.41, 5.74) is -1.26. The fraction of sp³-hybridized carbons (Fsp3) is 0.526. The third-order valence-corrected chi connectivity index (χ3v) is 5.17. The van der Waals surface area contributed by atoms with Crippen molar-refractivity contribution in [3.05, 3.63) is 27.7 Å². The Hall–Kier alpha value is -1.60. The van der Waals surface area contributed by atoms with Gasteiger partial charge in [-0.1, -0.05) is 11.6 Å². The molecule has 148 valence electrons. The number of ketones is 1. The molecule has 0 radical (unpaired) electrons. The number of piperidine rings is 1. The maximum Gasteiger partial charge on any atom is 0.344 e. The van der Waals surface area contributed by atoms with Gasteiger partial charge in [0.1, 0.15) is 11.5 Å². The normalized spacial score (nSPS) is 18.1. The van der Waals surface area contributed by atoms with E-state index in [1.54, 1.807) is 23.1 Å². The first kappa shape index (κ1) is 21.7.